The Morgan fingerprint density at radius 3 is 2.73 bits per heavy atom. The number of aliphatic carboxylic acids is 1. The Labute approximate surface area is 126 Å². The lowest BCUT2D eigenvalue weighted by atomic mass is 9.91. The zero-order valence-corrected chi connectivity index (χ0v) is 11.9. The standard InChI is InChI=1S/C14H17N5O3/c20-13(9-18-3-1-2-4-18)19-7-10(5-14(21)22)11(8-19)12-6-15-17-16-12/h1-4,6,10-11H,5,7-9H2,(H,21,22)(H,15,16,17)/t10-,11+/m0/s1. The van der Waals surface area contributed by atoms with Gasteiger partial charge in [0.1, 0.15) is 6.54 Å². The quantitative estimate of drug-likeness (QED) is 0.828. The van der Waals surface area contributed by atoms with Crippen molar-refractivity contribution in [1.29, 1.82) is 0 Å². The monoisotopic (exact) mass is 303 g/mol. The van der Waals surface area contributed by atoms with Crippen molar-refractivity contribution in [2.24, 2.45) is 5.92 Å². The summed E-state index contributed by atoms with van der Waals surface area (Å²) in [6.45, 7) is 1.17. The highest BCUT2D eigenvalue weighted by Gasteiger charge is 2.38. The van der Waals surface area contributed by atoms with Gasteiger partial charge in [-0.25, -0.2) is 0 Å². The van der Waals surface area contributed by atoms with Gasteiger partial charge in [-0.2, -0.15) is 15.4 Å². The SMILES string of the molecule is O=C(O)C[C@H]1CN(C(=O)Cn2cccc2)C[C@H]1c1cn[nH]n1. The molecule has 1 aliphatic heterocycles. The zero-order chi connectivity index (χ0) is 15.5. The van der Waals surface area contributed by atoms with Gasteiger partial charge in [-0.1, -0.05) is 0 Å². The number of aromatic amines is 1. The predicted octanol–water partition coefficient (Wildman–Crippen LogP) is 0.323. The van der Waals surface area contributed by atoms with Crippen molar-refractivity contribution in [2.75, 3.05) is 13.1 Å². The normalized spacial score (nSPS) is 21.2. The fraction of sp³-hybridized carbons (Fsp3) is 0.429. The number of carboxylic acids is 1. The van der Waals surface area contributed by atoms with Crippen LogP contribution in [0.5, 0.6) is 0 Å². The zero-order valence-electron chi connectivity index (χ0n) is 11.9. The van der Waals surface area contributed by atoms with E-state index in [9.17, 15) is 9.59 Å². The summed E-state index contributed by atoms with van der Waals surface area (Å²) in [4.78, 5) is 25.1. The number of H-pyrrole nitrogens is 1. The summed E-state index contributed by atoms with van der Waals surface area (Å²) in [7, 11) is 0. The van der Waals surface area contributed by atoms with Gasteiger partial charge in [-0.15, -0.1) is 0 Å². The molecule has 0 saturated carbocycles. The summed E-state index contributed by atoms with van der Waals surface area (Å²) >= 11 is 0. The van der Waals surface area contributed by atoms with Crippen molar-refractivity contribution in [3.05, 3.63) is 36.4 Å². The van der Waals surface area contributed by atoms with Gasteiger partial charge in [0, 0.05) is 31.4 Å². The van der Waals surface area contributed by atoms with Crippen LogP contribution in [-0.2, 0) is 16.1 Å². The highest BCUT2D eigenvalue weighted by atomic mass is 16.4. The van der Waals surface area contributed by atoms with Crippen LogP contribution in [0.15, 0.2) is 30.7 Å². The fourth-order valence-electron chi connectivity index (χ4n) is 2.96. The minimum Gasteiger partial charge on any atom is -0.481 e. The molecule has 1 amide bonds. The number of nitrogens with zero attached hydrogens (tertiary/aromatic N) is 4. The number of hydrogen-bond acceptors (Lipinski definition) is 4. The number of carbonyl (C=O) groups excluding carboxylic acids is 1. The molecule has 0 radical (unpaired) electrons. The van der Waals surface area contributed by atoms with Crippen LogP contribution in [0, 0.1) is 5.92 Å². The molecule has 8 heteroatoms. The first-order chi connectivity index (χ1) is 10.6. The van der Waals surface area contributed by atoms with E-state index in [4.69, 9.17) is 5.11 Å². The van der Waals surface area contributed by atoms with Gasteiger partial charge in [-0.3, -0.25) is 9.59 Å². The molecule has 8 nitrogen and oxygen atoms in total. The second kappa shape index (κ2) is 6.00. The summed E-state index contributed by atoms with van der Waals surface area (Å²) in [5, 5.41) is 19.4. The Morgan fingerprint density at radius 1 is 1.32 bits per heavy atom. The third-order valence-corrected chi connectivity index (χ3v) is 4.03. The van der Waals surface area contributed by atoms with Gasteiger partial charge in [-0.05, 0) is 18.1 Å². The van der Waals surface area contributed by atoms with Crippen molar-refractivity contribution in [2.45, 2.75) is 18.9 Å². The maximum atomic E-state index is 12.4. The molecule has 0 spiro atoms. The summed E-state index contributed by atoms with van der Waals surface area (Å²) in [6, 6.07) is 3.73. The minimum atomic E-state index is -0.863. The van der Waals surface area contributed by atoms with E-state index in [1.54, 1.807) is 15.7 Å². The average Bonchev–Trinajstić information content (AvgIpc) is 3.18. The highest BCUT2D eigenvalue weighted by Crippen LogP contribution is 2.33. The lowest BCUT2D eigenvalue weighted by Crippen LogP contribution is -2.32. The average molecular weight is 303 g/mol. The Hall–Kier alpha value is -2.64. The van der Waals surface area contributed by atoms with E-state index >= 15 is 0 Å². The fourth-order valence-corrected chi connectivity index (χ4v) is 2.96. The number of nitrogens with one attached hydrogen (secondary N) is 1. The van der Waals surface area contributed by atoms with Gasteiger partial charge in [0.25, 0.3) is 0 Å². The van der Waals surface area contributed by atoms with Crippen molar-refractivity contribution in [1.82, 2.24) is 24.9 Å². The van der Waals surface area contributed by atoms with E-state index in [0.717, 1.165) is 0 Å². The second-order valence-electron chi connectivity index (χ2n) is 5.51. The van der Waals surface area contributed by atoms with E-state index in [1.807, 2.05) is 24.5 Å². The largest absolute Gasteiger partial charge is 0.481 e. The van der Waals surface area contributed by atoms with Crippen LogP contribution in [0.2, 0.25) is 0 Å². The molecule has 2 N–H and O–H groups in total. The number of hydrogen-bond donors (Lipinski definition) is 2. The molecule has 1 aliphatic rings. The molecular formula is C14H17N5O3. The lowest BCUT2D eigenvalue weighted by Gasteiger charge is -2.16. The maximum absolute atomic E-state index is 12.4. The Balaban J connectivity index is 1.71. The third kappa shape index (κ3) is 3.00. The number of amides is 1. The molecule has 116 valence electrons. The molecular weight excluding hydrogens is 286 g/mol. The van der Waals surface area contributed by atoms with Crippen molar-refractivity contribution < 1.29 is 14.7 Å². The first-order valence-electron chi connectivity index (χ1n) is 7.09. The number of rotatable bonds is 5. The maximum Gasteiger partial charge on any atom is 0.303 e. The van der Waals surface area contributed by atoms with Gasteiger partial charge >= 0.3 is 5.97 Å². The van der Waals surface area contributed by atoms with Crippen LogP contribution in [0.3, 0.4) is 0 Å². The molecule has 1 saturated heterocycles. The number of aromatic nitrogens is 4. The van der Waals surface area contributed by atoms with Crippen molar-refractivity contribution in [3.63, 3.8) is 0 Å². The molecule has 2 atom stereocenters. The molecule has 0 aliphatic carbocycles. The van der Waals surface area contributed by atoms with Crippen LogP contribution < -0.4 is 0 Å². The summed E-state index contributed by atoms with van der Waals surface area (Å²) in [5.41, 5.74) is 0.711. The number of carboxylic acid groups (broad SMARTS) is 1. The summed E-state index contributed by atoms with van der Waals surface area (Å²) in [5.74, 6) is -1.12. The Kier molecular flexibility index (Phi) is 3.90. The highest BCUT2D eigenvalue weighted by molar-refractivity contribution is 5.77. The van der Waals surface area contributed by atoms with Gasteiger partial charge < -0.3 is 14.6 Å². The molecule has 2 aromatic rings. The number of carbonyl (C=O) groups is 2. The van der Waals surface area contributed by atoms with E-state index in [2.05, 4.69) is 15.4 Å². The molecule has 2 aromatic heterocycles. The topological polar surface area (TPSA) is 104 Å². The Bertz CT molecular complexity index is 638. The van der Waals surface area contributed by atoms with Crippen LogP contribution in [0.25, 0.3) is 0 Å². The smallest absolute Gasteiger partial charge is 0.303 e. The van der Waals surface area contributed by atoms with E-state index in [-0.39, 0.29) is 30.7 Å². The van der Waals surface area contributed by atoms with Crippen LogP contribution in [0.4, 0.5) is 0 Å². The first kappa shape index (κ1) is 14.3. The van der Waals surface area contributed by atoms with Crippen molar-refractivity contribution >= 4 is 11.9 Å². The molecule has 3 rings (SSSR count). The van der Waals surface area contributed by atoms with E-state index < -0.39 is 5.97 Å². The van der Waals surface area contributed by atoms with Crippen LogP contribution in [-0.4, -0.2) is 55.0 Å². The predicted molar refractivity (Wildman–Crippen MR) is 75.9 cm³/mol. The van der Waals surface area contributed by atoms with Crippen LogP contribution >= 0.6 is 0 Å². The second-order valence-corrected chi connectivity index (χ2v) is 5.51. The van der Waals surface area contributed by atoms with Gasteiger partial charge in [0.05, 0.1) is 18.3 Å². The summed E-state index contributed by atoms with van der Waals surface area (Å²) < 4.78 is 1.80. The van der Waals surface area contributed by atoms with Crippen LogP contribution in [0.1, 0.15) is 18.0 Å². The third-order valence-electron chi connectivity index (χ3n) is 4.03. The van der Waals surface area contributed by atoms with E-state index in [1.165, 1.54) is 0 Å². The number of likely N-dealkylation sites (tertiary alicyclic amines) is 1. The summed E-state index contributed by atoms with van der Waals surface area (Å²) in [6.07, 6.45) is 5.28. The van der Waals surface area contributed by atoms with Crippen molar-refractivity contribution in [3.8, 4) is 0 Å². The molecule has 0 aromatic carbocycles. The molecule has 22 heavy (non-hydrogen) atoms. The van der Waals surface area contributed by atoms with Gasteiger partial charge in [0.15, 0.2) is 0 Å². The van der Waals surface area contributed by atoms with E-state index in [0.29, 0.717) is 18.8 Å². The lowest BCUT2D eigenvalue weighted by molar-refractivity contribution is -0.138. The Morgan fingerprint density at radius 2 is 2.09 bits per heavy atom. The van der Waals surface area contributed by atoms with Gasteiger partial charge in [0.2, 0.25) is 5.91 Å². The minimum absolute atomic E-state index is 0.0161. The first-order valence-corrected chi connectivity index (χ1v) is 7.09. The molecule has 1 fully saturated rings. The molecule has 0 unspecified atom stereocenters. The molecule has 3 heterocycles. The molecule has 0 bridgehead atoms.